The van der Waals surface area contributed by atoms with Gasteiger partial charge in [-0.2, -0.15) is 0 Å². The van der Waals surface area contributed by atoms with E-state index in [1.165, 1.54) is 11.0 Å². The van der Waals surface area contributed by atoms with Crippen LogP contribution in [0.3, 0.4) is 0 Å². The van der Waals surface area contributed by atoms with Crippen molar-refractivity contribution in [3.63, 3.8) is 0 Å². The van der Waals surface area contributed by atoms with Crippen molar-refractivity contribution in [2.45, 2.75) is 18.2 Å². The van der Waals surface area contributed by atoms with Gasteiger partial charge in [0.15, 0.2) is 0 Å². The highest BCUT2D eigenvalue weighted by Gasteiger charge is 1.99. The molecule has 1 rings (SSSR count). The Bertz CT molecular complexity index is 376. The summed E-state index contributed by atoms with van der Waals surface area (Å²) < 4.78 is 5.02. The van der Waals surface area contributed by atoms with Crippen molar-refractivity contribution in [2.24, 2.45) is 5.73 Å². The van der Waals surface area contributed by atoms with Crippen LogP contribution in [-0.2, 0) is 9.53 Å². The smallest absolute Gasteiger partial charge is 0.332 e. The molecule has 0 unspecified atom stereocenters. The lowest BCUT2D eigenvalue weighted by Gasteiger charge is -2.03. The van der Waals surface area contributed by atoms with Crippen LogP contribution >= 0.6 is 11.8 Å². The standard InChI is InChI=1S/C13H17NO2S/c1-2-11(14)10-13(15)16-8-9-17-12-6-4-3-5-7-12/h3-7,10H,2,8-9,14H2,1H3. The predicted octanol–water partition coefficient (Wildman–Crippen LogP) is 2.57. The molecule has 0 aliphatic heterocycles. The highest BCUT2D eigenvalue weighted by molar-refractivity contribution is 7.99. The summed E-state index contributed by atoms with van der Waals surface area (Å²) in [5.41, 5.74) is 6.07. The van der Waals surface area contributed by atoms with Gasteiger partial charge in [-0.1, -0.05) is 25.1 Å². The topological polar surface area (TPSA) is 52.3 Å². The van der Waals surface area contributed by atoms with Gasteiger partial charge in [-0.25, -0.2) is 4.79 Å². The van der Waals surface area contributed by atoms with Crippen LogP contribution < -0.4 is 5.73 Å². The molecule has 0 amide bonds. The van der Waals surface area contributed by atoms with Crippen LogP contribution in [0.25, 0.3) is 0 Å². The van der Waals surface area contributed by atoms with Gasteiger partial charge in [0.05, 0.1) is 0 Å². The van der Waals surface area contributed by atoms with E-state index in [4.69, 9.17) is 10.5 Å². The monoisotopic (exact) mass is 251 g/mol. The van der Waals surface area contributed by atoms with Crippen LogP contribution in [0.4, 0.5) is 0 Å². The summed E-state index contributed by atoms with van der Waals surface area (Å²) in [6, 6.07) is 10.0. The molecule has 0 aromatic heterocycles. The summed E-state index contributed by atoms with van der Waals surface area (Å²) >= 11 is 1.66. The van der Waals surface area contributed by atoms with E-state index in [-0.39, 0.29) is 5.97 Å². The fourth-order valence-corrected chi connectivity index (χ4v) is 1.87. The summed E-state index contributed by atoms with van der Waals surface area (Å²) in [6.45, 7) is 2.29. The molecule has 0 bridgehead atoms. The average molecular weight is 251 g/mol. The molecule has 1 aromatic rings. The summed E-state index contributed by atoms with van der Waals surface area (Å²) in [7, 11) is 0. The molecule has 0 spiro atoms. The third-order valence-corrected chi connectivity index (χ3v) is 3.03. The molecule has 1 aromatic carbocycles. The zero-order valence-corrected chi connectivity index (χ0v) is 10.7. The van der Waals surface area contributed by atoms with Crippen LogP contribution in [0.1, 0.15) is 13.3 Å². The molecule has 4 heteroatoms. The van der Waals surface area contributed by atoms with Crippen molar-refractivity contribution in [3.8, 4) is 0 Å². The Hall–Kier alpha value is -1.42. The Morgan fingerprint density at radius 3 is 2.76 bits per heavy atom. The SMILES string of the molecule is CCC(N)=CC(=O)OCCSc1ccccc1. The molecule has 0 heterocycles. The maximum Gasteiger partial charge on any atom is 0.332 e. The molecular weight excluding hydrogens is 234 g/mol. The number of benzene rings is 1. The van der Waals surface area contributed by atoms with Crippen LogP contribution in [0.5, 0.6) is 0 Å². The average Bonchev–Trinajstić information content (AvgIpc) is 2.36. The van der Waals surface area contributed by atoms with Crippen molar-refractivity contribution >= 4 is 17.7 Å². The Morgan fingerprint density at radius 2 is 2.12 bits per heavy atom. The lowest BCUT2D eigenvalue weighted by molar-refractivity contribution is -0.137. The zero-order chi connectivity index (χ0) is 12.5. The van der Waals surface area contributed by atoms with E-state index < -0.39 is 0 Å². The first-order valence-corrected chi connectivity index (χ1v) is 6.51. The molecule has 0 aliphatic carbocycles. The highest BCUT2D eigenvalue weighted by atomic mass is 32.2. The van der Waals surface area contributed by atoms with E-state index in [9.17, 15) is 4.79 Å². The van der Waals surface area contributed by atoms with Crippen molar-refractivity contribution in [3.05, 3.63) is 42.1 Å². The molecule has 3 nitrogen and oxygen atoms in total. The van der Waals surface area contributed by atoms with Crippen LogP contribution in [0.2, 0.25) is 0 Å². The fourth-order valence-electron chi connectivity index (χ4n) is 1.11. The van der Waals surface area contributed by atoms with Crippen LogP contribution in [0, 0.1) is 0 Å². The maximum absolute atomic E-state index is 11.2. The number of thioether (sulfide) groups is 1. The second-order valence-electron chi connectivity index (χ2n) is 3.40. The second-order valence-corrected chi connectivity index (χ2v) is 4.57. The quantitative estimate of drug-likeness (QED) is 0.365. The molecule has 2 N–H and O–H groups in total. The summed E-state index contributed by atoms with van der Waals surface area (Å²) in [5, 5.41) is 0. The second kappa shape index (κ2) is 7.79. The molecule has 0 radical (unpaired) electrons. The predicted molar refractivity (Wildman–Crippen MR) is 70.7 cm³/mol. The van der Waals surface area contributed by atoms with E-state index in [0.717, 1.165) is 5.75 Å². The van der Waals surface area contributed by atoms with E-state index >= 15 is 0 Å². The van der Waals surface area contributed by atoms with Crippen LogP contribution in [-0.4, -0.2) is 18.3 Å². The molecule has 0 aliphatic rings. The number of carbonyl (C=O) groups is 1. The molecule has 17 heavy (non-hydrogen) atoms. The first-order chi connectivity index (χ1) is 8.22. The molecular formula is C13H17NO2S. The fraction of sp³-hybridized carbons (Fsp3) is 0.308. The number of hydrogen-bond acceptors (Lipinski definition) is 4. The maximum atomic E-state index is 11.2. The number of nitrogens with two attached hydrogens (primary N) is 1. The lowest BCUT2D eigenvalue weighted by Crippen LogP contribution is -2.07. The van der Waals surface area contributed by atoms with Gasteiger partial charge in [-0.15, -0.1) is 11.8 Å². The van der Waals surface area contributed by atoms with Gasteiger partial charge in [-0.3, -0.25) is 0 Å². The number of rotatable bonds is 6. The minimum atomic E-state index is -0.363. The first kappa shape index (κ1) is 13.6. The number of ether oxygens (including phenoxy) is 1. The normalized spacial score (nSPS) is 11.2. The summed E-state index contributed by atoms with van der Waals surface area (Å²) in [6.07, 6.45) is 2.00. The minimum Gasteiger partial charge on any atom is -0.462 e. The molecule has 0 fully saturated rings. The number of allylic oxidation sites excluding steroid dienone is 1. The van der Waals surface area contributed by atoms with Crippen molar-refractivity contribution in [1.29, 1.82) is 0 Å². The van der Waals surface area contributed by atoms with Crippen molar-refractivity contribution in [1.82, 2.24) is 0 Å². The Kier molecular flexibility index (Phi) is 6.25. The van der Waals surface area contributed by atoms with E-state index in [1.807, 2.05) is 37.3 Å². The zero-order valence-electron chi connectivity index (χ0n) is 9.89. The number of hydrogen-bond donors (Lipinski definition) is 1. The van der Waals surface area contributed by atoms with Gasteiger partial charge in [-0.05, 0) is 18.6 Å². The Labute approximate surface area is 106 Å². The van der Waals surface area contributed by atoms with Gasteiger partial charge in [0.1, 0.15) is 6.61 Å². The van der Waals surface area contributed by atoms with Gasteiger partial charge in [0.2, 0.25) is 0 Å². The summed E-state index contributed by atoms with van der Waals surface area (Å²) in [5.74, 6) is 0.383. The molecule has 92 valence electrons. The highest BCUT2D eigenvalue weighted by Crippen LogP contribution is 2.16. The first-order valence-electron chi connectivity index (χ1n) is 5.53. The van der Waals surface area contributed by atoms with Gasteiger partial charge in [0.25, 0.3) is 0 Å². The molecule has 0 saturated carbocycles. The lowest BCUT2D eigenvalue weighted by atomic mass is 10.3. The van der Waals surface area contributed by atoms with E-state index in [0.29, 0.717) is 18.7 Å². The molecule has 0 saturated heterocycles. The van der Waals surface area contributed by atoms with Gasteiger partial charge in [0, 0.05) is 22.4 Å². The Balaban J connectivity index is 2.19. The third-order valence-electron chi connectivity index (χ3n) is 2.05. The van der Waals surface area contributed by atoms with Gasteiger partial charge < -0.3 is 10.5 Å². The van der Waals surface area contributed by atoms with Crippen LogP contribution in [0.15, 0.2) is 47.0 Å². The third kappa shape index (κ3) is 6.02. The van der Waals surface area contributed by atoms with Gasteiger partial charge >= 0.3 is 5.97 Å². The Morgan fingerprint density at radius 1 is 1.41 bits per heavy atom. The number of esters is 1. The summed E-state index contributed by atoms with van der Waals surface area (Å²) in [4.78, 5) is 12.4. The minimum absolute atomic E-state index is 0.363. The number of carbonyl (C=O) groups excluding carboxylic acids is 1. The van der Waals surface area contributed by atoms with E-state index in [2.05, 4.69) is 0 Å². The van der Waals surface area contributed by atoms with Crippen molar-refractivity contribution in [2.75, 3.05) is 12.4 Å². The van der Waals surface area contributed by atoms with E-state index in [1.54, 1.807) is 11.8 Å². The largest absolute Gasteiger partial charge is 0.462 e. The van der Waals surface area contributed by atoms with Crippen molar-refractivity contribution < 1.29 is 9.53 Å². The molecule has 0 atom stereocenters.